The first-order valence-corrected chi connectivity index (χ1v) is 10.4. The van der Waals surface area contributed by atoms with Gasteiger partial charge in [-0.2, -0.15) is 0 Å². The van der Waals surface area contributed by atoms with Crippen molar-refractivity contribution in [3.05, 3.63) is 45.9 Å². The third-order valence-electron chi connectivity index (χ3n) is 5.12. The summed E-state index contributed by atoms with van der Waals surface area (Å²) >= 11 is 12.6. The number of hydrogen-bond donors (Lipinski definition) is 1. The van der Waals surface area contributed by atoms with Gasteiger partial charge in [0.05, 0.1) is 29.6 Å². The van der Waals surface area contributed by atoms with Crippen LogP contribution >= 0.6 is 23.2 Å². The minimum absolute atomic E-state index is 0.278. The maximum Gasteiger partial charge on any atom is 0.255 e. The highest BCUT2D eigenvalue weighted by molar-refractivity contribution is 6.33. The SMILES string of the molecule is CN1CCN(c2ccc(Cl)cc2NC(=O)c2cc(Cl)c3c(c2)OCCCO3)CC1. The van der Waals surface area contributed by atoms with Gasteiger partial charge in [-0.05, 0) is 37.4 Å². The van der Waals surface area contributed by atoms with Gasteiger partial charge in [-0.1, -0.05) is 23.2 Å². The lowest BCUT2D eigenvalue weighted by Gasteiger charge is -2.35. The summed E-state index contributed by atoms with van der Waals surface area (Å²) in [7, 11) is 2.11. The zero-order chi connectivity index (χ0) is 20.4. The van der Waals surface area contributed by atoms with Crippen molar-refractivity contribution in [2.75, 3.05) is 56.7 Å². The standard InChI is InChI=1S/C21H23Cl2N3O3/c1-25-5-7-26(8-6-25)18-4-3-15(22)13-17(18)24-21(27)14-11-16(23)20-19(12-14)28-9-2-10-29-20/h3-4,11-13H,2,5-10H2,1H3,(H,24,27). The number of hydrogen-bond acceptors (Lipinski definition) is 5. The highest BCUT2D eigenvalue weighted by atomic mass is 35.5. The van der Waals surface area contributed by atoms with Gasteiger partial charge in [0.15, 0.2) is 11.5 Å². The predicted molar refractivity (Wildman–Crippen MR) is 116 cm³/mol. The van der Waals surface area contributed by atoms with Crippen LogP contribution < -0.4 is 19.7 Å². The van der Waals surface area contributed by atoms with Crippen LogP contribution in [-0.2, 0) is 0 Å². The third kappa shape index (κ3) is 4.55. The second-order valence-corrected chi connectivity index (χ2v) is 8.09. The number of ether oxygens (including phenoxy) is 2. The molecule has 1 N–H and O–H groups in total. The van der Waals surface area contributed by atoms with E-state index in [1.54, 1.807) is 18.2 Å². The molecule has 0 radical (unpaired) electrons. The minimum Gasteiger partial charge on any atom is -0.489 e. The van der Waals surface area contributed by atoms with E-state index in [2.05, 4.69) is 22.2 Å². The lowest BCUT2D eigenvalue weighted by atomic mass is 10.1. The van der Waals surface area contributed by atoms with E-state index in [0.29, 0.717) is 46.0 Å². The monoisotopic (exact) mass is 435 g/mol. The van der Waals surface area contributed by atoms with Gasteiger partial charge in [-0.15, -0.1) is 0 Å². The lowest BCUT2D eigenvalue weighted by molar-refractivity contribution is 0.102. The van der Waals surface area contributed by atoms with Gasteiger partial charge in [0.2, 0.25) is 0 Å². The predicted octanol–water partition coefficient (Wildman–Crippen LogP) is 4.16. The van der Waals surface area contributed by atoms with Gasteiger partial charge >= 0.3 is 0 Å². The Labute approximate surface area is 180 Å². The van der Waals surface area contributed by atoms with E-state index >= 15 is 0 Å². The maximum atomic E-state index is 13.0. The fourth-order valence-electron chi connectivity index (χ4n) is 3.49. The Bertz CT molecular complexity index is 914. The van der Waals surface area contributed by atoms with Crippen molar-refractivity contribution in [1.82, 2.24) is 4.90 Å². The zero-order valence-electron chi connectivity index (χ0n) is 16.2. The van der Waals surface area contributed by atoms with Crippen LogP contribution in [0.2, 0.25) is 10.0 Å². The van der Waals surface area contributed by atoms with Gasteiger partial charge < -0.3 is 24.6 Å². The normalized spacial score (nSPS) is 17.0. The highest BCUT2D eigenvalue weighted by Gasteiger charge is 2.21. The Morgan fingerprint density at radius 2 is 1.79 bits per heavy atom. The average molecular weight is 436 g/mol. The second-order valence-electron chi connectivity index (χ2n) is 7.24. The van der Waals surface area contributed by atoms with Crippen LogP contribution in [-0.4, -0.2) is 57.2 Å². The van der Waals surface area contributed by atoms with Crippen LogP contribution in [0, 0.1) is 0 Å². The van der Waals surface area contributed by atoms with Gasteiger partial charge in [0, 0.05) is 43.2 Å². The number of carbonyl (C=O) groups is 1. The van der Waals surface area contributed by atoms with Crippen LogP contribution in [0.25, 0.3) is 0 Å². The van der Waals surface area contributed by atoms with E-state index in [0.717, 1.165) is 38.3 Å². The number of anilines is 2. The maximum absolute atomic E-state index is 13.0. The fraction of sp³-hybridized carbons (Fsp3) is 0.381. The van der Waals surface area contributed by atoms with Crippen molar-refractivity contribution >= 4 is 40.5 Å². The number of rotatable bonds is 3. The van der Waals surface area contributed by atoms with Gasteiger partial charge in [-0.25, -0.2) is 0 Å². The van der Waals surface area contributed by atoms with Crippen molar-refractivity contribution in [3.8, 4) is 11.5 Å². The topological polar surface area (TPSA) is 54.0 Å². The highest BCUT2D eigenvalue weighted by Crippen LogP contribution is 2.38. The number of benzene rings is 2. The van der Waals surface area contributed by atoms with E-state index < -0.39 is 0 Å². The summed E-state index contributed by atoms with van der Waals surface area (Å²) in [5, 5.41) is 3.92. The molecule has 6 nitrogen and oxygen atoms in total. The molecule has 0 saturated carbocycles. The molecule has 29 heavy (non-hydrogen) atoms. The van der Waals surface area contributed by atoms with Crippen LogP contribution in [0.15, 0.2) is 30.3 Å². The first kappa shape index (κ1) is 20.1. The fourth-order valence-corrected chi connectivity index (χ4v) is 3.93. The molecule has 1 fully saturated rings. The molecule has 2 aromatic carbocycles. The van der Waals surface area contributed by atoms with E-state index in [9.17, 15) is 4.79 Å². The van der Waals surface area contributed by atoms with E-state index in [1.165, 1.54) is 0 Å². The number of amides is 1. The van der Waals surface area contributed by atoms with Crippen LogP contribution in [0.3, 0.4) is 0 Å². The summed E-state index contributed by atoms with van der Waals surface area (Å²) in [5.41, 5.74) is 2.04. The summed E-state index contributed by atoms with van der Waals surface area (Å²) < 4.78 is 11.3. The molecule has 2 aliphatic heterocycles. The molecule has 0 atom stereocenters. The molecular weight excluding hydrogens is 413 g/mol. The van der Waals surface area contributed by atoms with Crippen molar-refractivity contribution in [2.24, 2.45) is 0 Å². The van der Waals surface area contributed by atoms with E-state index in [4.69, 9.17) is 32.7 Å². The van der Waals surface area contributed by atoms with Crippen molar-refractivity contribution < 1.29 is 14.3 Å². The average Bonchev–Trinajstić information content (AvgIpc) is 2.95. The molecule has 2 aromatic rings. The van der Waals surface area contributed by atoms with Crippen LogP contribution in [0.1, 0.15) is 16.8 Å². The summed E-state index contributed by atoms with van der Waals surface area (Å²) in [4.78, 5) is 17.5. The van der Waals surface area contributed by atoms with Crippen molar-refractivity contribution in [3.63, 3.8) is 0 Å². The van der Waals surface area contributed by atoms with E-state index in [1.807, 2.05) is 12.1 Å². The molecular formula is C21H23Cl2N3O3. The molecule has 1 amide bonds. The molecule has 4 rings (SSSR count). The third-order valence-corrected chi connectivity index (χ3v) is 5.63. The molecule has 0 aliphatic carbocycles. The Morgan fingerprint density at radius 1 is 1.03 bits per heavy atom. The number of likely N-dealkylation sites (N-methyl/N-ethyl adjacent to an activating group) is 1. The van der Waals surface area contributed by atoms with Crippen molar-refractivity contribution in [2.45, 2.75) is 6.42 Å². The molecule has 154 valence electrons. The summed E-state index contributed by atoms with van der Waals surface area (Å²) in [5.74, 6) is 0.701. The molecule has 0 aromatic heterocycles. The molecule has 0 bridgehead atoms. The largest absolute Gasteiger partial charge is 0.489 e. The summed E-state index contributed by atoms with van der Waals surface area (Å²) in [6, 6.07) is 8.84. The Morgan fingerprint density at radius 3 is 2.59 bits per heavy atom. The quantitative estimate of drug-likeness (QED) is 0.784. The van der Waals surface area contributed by atoms with Gasteiger partial charge in [0.25, 0.3) is 5.91 Å². The molecule has 0 unspecified atom stereocenters. The lowest BCUT2D eigenvalue weighted by Crippen LogP contribution is -2.44. The molecule has 2 heterocycles. The Hall–Kier alpha value is -2.15. The summed E-state index contributed by atoms with van der Waals surface area (Å²) in [6.07, 6.45) is 0.767. The zero-order valence-corrected chi connectivity index (χ0v) is 17.7. The van der Waals surface area contributed by atoms with Crippen molar-refractivity contribution in [1.29, 1.82) is 0 Å². The molecule has 0 spiro atoms. The smallest absolute Gasteiger partial charge is 0.255 e. The summed E-state index contributed by atoms with van der Waals surface area (Å²) in [6.45, 7) is 4.76. The number of fused-ring (bicyclic) bond motifs is 1. The van der Waals surface area contributed by atoms with Crippen LogP contribution in [0.5, 0.6) is 11.5 Å². The molecule has 8 heteroatoms. The van der Waals surface area contributed by atoms with Gasteiger partial charge in [-0.3, -0.25) is 4.79 Å². The van der Waals surface area contributed by atoms with Crippen LogP contribution in [0.4, 0.5) is 11.4 Å². The van der Waals surface area contributed by atoms with E-state index in [-0.39, 0.29) is 5.91 Å². The second kappa shape index (κ2) is 8.69. The number of carbonyl (C=O) groups excluding carboxylic acids is 1. The molecule has 2 aliphatic rings. The first-order valence-electron chi connectivity index (χ1n) is 9.65. The Kier molecular flexibility index (Phi) is 6.04. The number of piperazine rings is 1. The number of halogens is 2. The number of nitrogens with one attached hydrogen (secondary N) is 1. The van der Waals surface area contributed by atoms with Gasteiger partial charge in [0.1, 0.15) is 0 Å². The number of nitrogens with zero attached hydrogens (tertiary/aromatic N) is 2. The Balaban J connectivity index is 1.59. The minimum atomic E-state index is -0.278. The first-order chi connectivity index (χ1) is 14.0. The molecule has 1 saturated heterocycles.